The summed E-state index contributed by atoms with van der Waals surface area (Å²) in [5.74, 6) is 0. The Morgan fingerprint density at radius 1 is 1.38 bits per heavy atom. The molecular weight excluding hydrogens is 364 g/mol. The topological polar surface area (TPSA) is 76.5 Å². The molecule has 0 radical (unpaired) electrons. The summed E-state index contributed by atoms with van der Waals surface area (Å²) in [6, 6.07) is 7.78. The average molecular weight is 379 g/mol. The van der Waals surface area contributed by atoms with Crippen molar-refractivity contribution in [2.45, 2.75) is 10.9 Å². The number of fused-ring (bicyclic) bond motifs is 1. The average Bonchev–Trinajstić information content (AvgIpc) is 3.19. The molecule has 0 amide bonds. The van der Waals surface area contributed by atoms with Crippen molar-refractivity contribution in [2.75, 3.05) is 14.2 Å². The van der Waals surface area contributed by atoms with Gasteiger partial charge < -0.3 is 10.2 Å². The quantitative estimate of drug-likeness (QED) is 0.403. The van der Waals surface area contributed by atoms with E-state index in [9.17, 15) is 4.79 Å². The second-order valence-corrected chi connectivity index (χ2v) is 7.81. The standard InChI is InChI=1S/C15H14N4O2S3/c1-16-7-12-17-10(8-22-12)13(19-21-2)14(20)24-15-18-9-5-3-4-6-11(9)23-15/h3-6,8,16H,7H2,1-2H3/b19-13-. The van der Waals surface area contributed by atoms with Gasteiger partial charge in [-0.2, -0.15) is 0 Å². The summed E-state index contributed by atoms with van der Waals surface area (Å²) in [6.07, 6.45) is 0. The Bertz CT molecular complexity index is 855. The van der Waals surface area contributed by atoms with E-state index < -0.39 is 0 Å². The predicted molar refractivity (Wildman–Crippen MR) is 98.9 cm³/mol. The second kappa shape index (κ2) is 7.84. The van der Waals surface area contributed by atoms with Gasteiger partial charge in [-0.05, 0) is 30.9 Å². The summed E-state index contributed by atoms with van der Waals surface area (Å²) in [6.45, 7) is 0.643. The van der Waals surface area contributed by atoms with Crippen molar-refractivity contribution in [3.05, 3.63) is 40.3 Å². The Kier molecular flexibility index (Phi) is 5.56. The Balaban J connectivity index is 1.82. The first-order chi connectivity index (χ1) is 11.7. The molecule has 0 fully saturated rings. The van der Waals surface area contributed by atoms with E-state index in [0.29, 0.717) is 16.6 Å². The van der Waals surface area contributed by atoms with Crippen LogP contribution in [0, 0.1) is 0 Å². The van der Waals surface area contributed by atoms with E-state index in [0.717, 1.165) is 27.0 Å². The summed E-state index contributed by atoms with van der Waals surface area (Å²) in [4.78, 5) is 26.3. The van der Waals surface area contributed by atoms with E-state index in [2.05, 4.69) is 20.4 Å². The van der Waals surface area contributed by atoms with Crippen LogP contribution in [-0.4, -0.2) is 35.0 Å². The number of rotatable bonds is 6. The summed E-state index contributed by atoms with van der Waals surface area (Å²) in [7, 11) is 3.26. The lowest BCUT2D eigenvalue weighted by Gasteiger charge is -2.00. The van der Waals surface area contributed by atoms with Crippen LogP contribution < -0.4 is 5.32 Å². The lowest BCUT2D eigenvalue weighted by molar-refractivity contribution is -0.105. The highest BCUT2D eigenvalue weighted by Crippen LogP contribution is 2.30. The Hall–Kier alpha value is -1.81. The van der Waals surface area contributed by atoms with Gasteiger partial charge >= 0.3 is 0 Å². The van der Waals surface area contributed by atoms with Crippen LogP contribution >= 0.6 is 34.4 Å². The molecule has 1 aromatic carbocycles. The van der Waals surface area contributed by atoms with Crippen molar-refractivity contribution < 1.29 is 9.63 Å². The molecule has 24 heavy (non-hydrogen) atoms. The summed E-state index contributed by atoms with van der Waals surface area (Å²) < 4.78 is 1.72. The van der Waals surface area contributed by atoms with E-state index in [1.165, 1.54) is 29.8 Å². The Morgan fingerprint density at radius 3 is 2.96 bits per heavy atom. The van der Waals surface area contributed by atoms with Gasteiger partial charge in [-0.1, -0.05) is 17.3 Å². The van der Waals surface area contributed by atoms with Crippen LogP contribution in [0.25, 0.3) is 10.2 Å². The van der Waals surface area contributed by atoms with Gasteiger partial charge in [0, 0.05) is 11.9 Å². The van der Waals surface area contributed by atoms with Crippen molar-refractivity contribution in [3.63, 3.8) is 0 Å². The maximum absolute atomic E-state index is 12.6. The number of carbonyl (C=O) groups excluding carboxylic acids is 1. The molecule has 2 heterocycles. The number of oxime groups is 1. The number of carbonyl (C=O) groups is 1. The van der Waals surface area contributed by atoms with E-state index in [-0.39, 0.29) is 10.8 Å². The van der Waals surface area contributed by atoms with E-state index >= 15 is 0 Å². The first kappa shape index (κ1) is 17.0. The van der Waals surface area contributed by atoms with E-state index in [4.69, 9.17) is 4.84 Å². The van der Waals surface area contributed by atoms with Gasteiger partial charge in [0.1, 0.15) is 17.8 Å². The Labute approximate surface area is 151 Å². The number of nitrogens with one attached hydrogen (secondary N) is 1. The molecule has 2 aromatic heterocycles. The number of benzene rings is 1. The summed E-state index contributed by atoms with van der Waals surface area (Å²) in [5.41, 5.74) is 1.60. The molecule has 0 saturated heterocycles. The van der Waals surface area contributed by atoms with Gasteiger partial charge in [-0.25, -0.2) is 9.97 Å². The van der Waals surface area contributed by atoms with Crippen LogP contribution in [0.15, 0.2) is 39.1 Å². The van der Waals surface area contributed by atoms with Gasteiger partial charge in [0.15, 0.2) is 10.1 Å². The van der Waals surface area contributed by atoms with Gasteiger partial charge in [-0.15, -0.1) is 22.7 Å². The number of thioether (sulfide) groups is 1. The first-order valence-electron chi connectivity index (χ1n) is 6.99. The number of hydrogen-bond acceptors (Lipinski definition) is 9. The smallest absolute Gasteiger partial charge is 0.250 e. The molecular formula is C15H14N4O2S3. The van der Waals surface area contributed by atoms with Crippen molar-refractivity contribution >= 4 is 55.5 Å². The van der Waals surface area contributed by atoms with Crippen LogP contribution in [0.1, 0.15) is 10.7 Å². The normalized spacial score (nSPS) is 11.8. The number of para-hydroxylation sites is 1. The van der Waals surface area contributed by atoms with Crippen LogP contribution in [-0.2, 0) is 16.2 Å². The molecule has 1 N–H and O–H groups in total. The Morgan fingerprint density at radius 2 is 2.21 bits per heavy atom. The van der Waals surface area contributed by atoms with Crippen molar-refractivity contribution in [3.8, 4) is 0 Å². The minimum atomic E-state index is -0.239. The molecule has 0 atom stereocenters. The van der Waals surface area contributed by atoms with E-state index in [1.807, 2.05) is 31.3 Å². The molecule has 0 unspecified atom stereocenters. The summed E-state index contributed by atoms with van der Waals surface area (Å²) >= 11 is 3.99. The fourth-order valence-corrected chi connectivity index (χ4v) is 4.65. The third kappa shape index (κ3) is 3.81. The first-order valence-corrected chi connectivity index (χ1v) is 9.51. The third-order valence-electron chi connectivity index (χ3n) is 2.95. The van der Waals surface area contributed by atoms with Gasteiger partial charge in [0.2, 0.25) is 5.12 Å². The number of thiazole rings is 2. The van der Waals surface area contributed by atoms with Crippen LogP contribution in [0.2, 0.25) is 0 Å². The predicted octanol–water partition coefficient (Wildman–Crippen LogP) is 3.14. The molecule has 6 nitrogen and oxygen atoms in total. The number of nitrogens with zero attached hydrogens (tertiary/aromatic N) is 3. The SMILES string of the molecule is CNCc1nc(/C(=N/OC)C(=O)Sc2nc3ccccc3s2)cs1. The molecule has 0 spiro atoms. The maximum atomic E-state index is 12.6. The summed E-state index contributed by atoms with van der Waals surface area (Å²) in [5, 5.41) is 9.35. The fourth-order valence-electron chi connectivity index (χ4n) is 1.95. The maximum Gasteiger partial charge on any atom is 0.250 e. The van der Waals surface area contributed by atoms with Crippen molar-refractivity contribution in [1.82, 2.24) is 15.3 Å². The lowest BCUT2D eigenvalue weighted by Crippen LogP contribution is -2.13. The van der Waals surface area contributed by atoms with Crippen LogP contribution in [0.4, 0.5) is 0 Å². The monoisotopic (exact) mass is 378 g/mol. The highest BCUT2D eigenvalue weighted by Gasteiger charge is 2.21. The number of aromatic nitrogens is 2. The molecule has 0 aliphatic heterocycles. The second-order valence-electron chi connectivity index (χ2n) is 4.62. The molecule has 0 saturated carbocycles. The largest absolute Gasteiger partial charge is 0.398 e. The number of hydrogen-bond donors (Lipinski definition) is 1. The fraction of sp³-hybridized carbons (Fsp3) is 0.200. The van der Waals surface area contributed by atoms with Crippen LogP contribution in [0.3, 0.4) is 0 Å². The van der Waals surface area contributed by atoms with Crippen LogP contribution in [0.5, 0.6) is 0 Å². The van der Waals surface area contributed by atoms with Crippen molar-refractivity contribution in [1.29, 1.82) is 0 Å². The minimum Gasteiger partial charge on any atom is -0.398 e. The highest BCUT2D eigenvalue weighted by atomic mass is 32.2. The molecule has 0 bridgehead atoms. The minimum absolute atomic E-state index is 0.195. The zero-order valence-electron chi connectivity index (χ0n) is 13.0. The molecule has 3 rings (SSSR count). The van der Waals surface area contributed by atoms with Gasteiger partial charge in [0.25, 0.3) is 0 Å². The molecule has 3 aromatic rings. The highest BCUT2D eigenvalue weighted by molar-refractivity contribution is 8.16. The molecule has 0 aliphatic carbocycles. The van der Waals surface area contributed by atoms with Gasteiger partial charge in [0.05, 0.1) is 10.2 Å². The van der Waals surface area contributed by atoms with E-state index in [1.54, 1.807) is 5.38 Å². The lowest BCUT2D eigenvalue weighted by atomic mass is 10.3. The molecule has 0 aliphatic rings. The zero-order valence-corrected chi connectivity index (χ0v) is 15.4. The molecule has 124 valence electrons. The van der Waals surface area contributed by atoms with Gasteiger partial charge in [-0.3, -0.25) is 4.79 Å². The third-order valence-corrected chi connectivity index (χ3v) is 5.78. The zero-order chi connectivity index (χ0) is 16.9. The van der Waals surface area contributed by atoms with Crippen molar-refractivity contribution in [2.24, 2.45) is 5.16 Å². The molecule has 9 heteroatoms.